The lowest BCUT2D eigenvalue weighted by molar-refractivity contribution is 0.0526. The molecule has 0 aliphatic heterocycles. The number of anilines is 1. The van der Waals surface area contributed by atoms with E-state index in [-0.39, 0.29) is 11.9 Å². The number of nitrogens with one attached hydrogen (secondary N) is 1. The molecule has 1 aromatic heterocycles. The highest BCUT2D eigenvalue weighted by atomic mass is 16.5. The normalized spacial score (nSPS) is 10.3. The van der Waals surface area contributed by atoms with Crippen LogP contribution in [-0.2, 0) is 4.74 Å². The summed E-state index contributed by atoms with van der Waals surface area (Å²) in [5.41, 5.74) is 2.32. The van der Waals surface area contributed by atoms with Gasteiger partial charge >= 0.3 is 5.97 Å². The lowest BCUT2D eigenvalue weighted by atomic mass is 10.1. The van der Waals surface area contributed by atoms with Crippen LogP contribution in [0.3, 0.4) is 0 Å². The predicted molar refractivity (Wildman–Crippen MR) is 91.7 cm³/mol. The first-order chi connectivity index (χ1) is 12.2. The molecule has 0 fully saturated rings. The fourth-order valence-corrected chi connectivity index (χ4v) is 2.25. The molecule has 1 N–H and O–H groups in total. The molecule has 0 saturated carbocycles. The second-order valence-corrected chi connectivity index (χ2v) is 5.17. The first-order valence-corrected chi connectivity index (χ1v) is 7.71. The second kappa shape index (κ2) is 7.39. The third-order valence-electron chi connectivity index (χ3n) is 3.48. The Hall–Kier alpha value is -3.48. The van der Waals surface area contributed by atoms with Crippen molar-refractivity contribution in [3.8, 4) is 5.69 Å². The molecule has 25 heavy (non-hydrogen) atoms. The van der Waals surface area contributed by atoms with Gasteiger partial charge in [-0.05, 0) is 49.4 Å². The Morgan fingerprint density at radius 3 is 2.44 bits per heavy atom. The molecule has 2 aromatic carbocycles. The van der Waals surface area contributed by atoms with E-state index in [0.29, 0.717) is 23.4 Å². The van der Waals surface area contributed by atoms with Crippen LogP contribution in [0.15, 0.2) is 61.2 Å². The van der Waals surface area contributed by atoms with Crippen LogP contribution in [0.2, 0.25) is 0 Å². The second-order valence-electron chi connectivity index (χ2n) is 5.17. The summed E-state index contributed by atoms with van der Waals surface area (Å²) in [5, 5.41) is 10.3. The number of ether oxygens (including phenoxy) is 1. The SMILES string of the molecule is CCOC(=O)c1ccc(NC(=O)c2cccc(-n3cnnc3)c2)cc1. The highest BCUT2D eigenvalue weighted by Gasteiger charge is 2.09. The van der Waals surface area contributed by atoms with Gasteiger partial charge in [-0.3, -0.25) is 9.36 Å². The van der Waals surface area contributed by atoms with Crippen LogP contribution >= 0.6 is 0 Å². The number of carbonyl (C=O) groups is 2. The van der Waals surface area contributed by atoms with Gasteiger partial charge in [0.25, 0.3) is 5.91 Å². The van der Waals surface area contributed by atoms with Crippen LogP contribution in [0.25, 0.3) is 5.69 Å². The van der Waals surface area contributed by atoms with Crippen molar-refractivity contribution in [1.82, 2.24) is 14.8 Å². The highest BCUT2D eigenvalue weighted by Crippen LogP contribution is 2.14. The van der Waals surface area contributed by atoms with E-state index in [0.717, 1.165) is 5.69 Å². The maximum absolute atomic E-state index is 12.4. The molecule has 0 unspecified atom stereocenters. The Labute approximate surface area is 144 Å². The number of esters is 1. The molecular formula is C18H16N4O3. The Morgan fingerprint density at radius 2 is 1.76 bits per heavy atom. The molecule has 0 bridgehead atoms. The van der Waals surface area contributed by atoms with E-state index in [1.54, 1.807) is 66.6 Å². The average Bonchev–Trinajstić information content (AvgIpc) is 3.17. The van der Waals surface area contributed by atoms with Gasteiger partial charge in [0.15, 0.2) is 0 Å². The summed E-state index contributed by atoms with van der Waals surface area (Å²) < 4.78 is 6.64. The molecule has 0 aliphatic carbocycles. The fraction of sp³-hybridized carbons (Fsp3) is 0.111. The van der Waals surface area contributed by atoms with Gasteiger partial charge in [-0.2, -0.15) is 0 Å². The molecule has 126 valence electrons. The maximum atomic E-state index is 12.4. The fourth-order valence-electron chi connectivity index (χ4n) is 2.25. The van der Waals surface area contributed by atoms with Crippen molar-refractivity contribution in [3.63, 3.8) is 0 Å². The third-order valence-corrected chi connectivity index (χ3v) is 3.48. The van der Waals surface area contributed by atoms with Gasteiger partial charge in [-0.1, -0.05) is 6.07 Å². The zero-order valence-corrected chi connectivity index (χ0v) is 13.5. The first-order valence-electron chi connectivity index (χ1n) is 7.71. The molecule has 7 nitrogen and oxygen atoms in total. The van der Waals surface area contributed by atoms with Crippen LogP contribution in [0.4, 0.5) is 5.69 Å². The molecule has 0 atom stereocenters. The van der Waals surface area contributed by atoms with Crippen molar-refractivity contribution < 1.29 is 14.3 Å². The van der Waals surface area contributed by atoms with E-state index in [1.165, 1.54) is 0 Å². The summed E-state index contributed by atoms with van der Waals surface area (Å²) in [6.07, 6.45) is 3.12. The summed E-state index contributed by atoms with van der Waals surface area (Å²) in [5.74, 6) is -0.638. The van der Waals surface area contributed by atoms with Crippen LogP contribution in [0, 0.1) is 0 Å². The van der Waals surface area contributed by atoms with E-state index >= 15 is 0 Å². The molecule has 0 spiro atoms. The van der Waals surface area contributed by atoms with Crippen LogP contribution in [0.1, 0.15) is 27.6 Å². The van der Waals surface area contributed by atoms with Gasteiger partial charge in [-0.25, -0.2) is 4.79 Å². The van der Waals surface area contributed by atoms with Gasteiger partial charge in [0.2, 0.25) is 0 Å². The summed E-state index contributed by atoms with van der Waals surface area (Å²) >= 11 is 0. The van der Waals surface area contributed by atoms with Crippen LogP contribution in [0.5, 0.6) is 0 Å². The molecule has 3 aromatic rings. The zero-order chi connectivity index (χ0) is 17.6. The smallest absolute Gasteiger partial charge is 0.338 e. The molecule has 3 rings (SSSR count). The monoisotopic (exact) mass is 336 g/mol. The average molecular weight is 336 g/mol. The first kappa shape index (κ1) is 16.4. The number of carbonyl (C=O) groups excluding carboxylic acids is 2. The number of amides is 1. The van der Waals surface area contributed by atoms with Crippen LogP contribution < -0.4 is 5.32 Å². The van der Waals surface area contributed by atoms with Crippen molar-refractivity contribution in [2.75, 3.05) is 11.9 Å². The maximum Gasteiger partial charge on any atom is 0.338 e. The van der Waals surface area contributed by atoms with Crippen molar-refractivity contribution in [2.45, 2.75) is 6.92 Å². The van der Waals surface area contributed by atoms with Gasteiger partial charge in [0.05, 0.1) is 12.2 Å². The standard InChI is InChI=1S/C18H16N4O3/c1-2-25-18(24)13-6-8-15(9-7-13)21-17(23)14-4-3-5-16(10-14)22-11-19-20-12-22/h3-12H,2H2,1H3,(H,21,23). The molecule has 1 amide bonds. The third kappa shape index (κ3) is 3.89. The quantitative estimate of drug-likeness (QED) is 0.724. The van der Waals surface area contributed by atoms with E-state index in [4.69, 9.17) is 4.74 Å². The lowest BCUT2D eigenvalue weighted by Gasteiger charge is -2.08. The topological polar surface area (TPSA) is 86.1 Å². The van der Waals surface area contributed by atoms with E-state index < -0.39 is 0 Å². The summed E-state index contributed by atoms with van der Waals surface area (Å²) in [4.78, 5) is 24.0. The molecule has 1 heterocycles. The van der Waals surface area contributed by atoms with Crippen molar-refractivity contribution >= 4 is 17.6 Å². The number of hydrogen-bond donors (Lipinski definition) is 1. The summed E-state index contributed by atoms with van der Waals surface area (Å²) in [7, 11) is 0. The van der Waals surface area contributed by atoms with Gasteiger partial charge in [0.1, 0.15) is 12.7 Å². The van der Waals surface area contributed by atoms with E-state index in [9.17, 15) is 9.59 Å². The molecule has 0 saturated heterocycles. The Kier molecular flexibility index (Phi) is 4.84. The number of rotatable bonds is 5. The summed E-state index contributed by atoms with van der Waals surface area (Å²) in [6.45, 7) is 2.07. The van der Waals surface area contributed by atoms with Gasteiger partial charge in [0, 0.05) is 16.9 Å². The van der Waals surface area contributed by atoms with Crippen LogP contribution in [-0.4, -0.2) is 33.2 Å². The lowest BCUT2D eigenvalue weighted by Crippen LogP contribution is -2.12. The number of nitrogens with zero attached hydrogens (tertiary/aromatic N) is 3. The summed E-state index contributed by atoms with van der Waals surface area (Å²) in [6, 6.07) is 13.6. The van der Waals surface area contributed by atoms with E-state index in [1.807, 2.05) is 6.07 Å². The Balaban J connectivity index is 1.72. The molecular weight excluding hydrogens is 320 g/mol. The zero-order valence-electron chi connectivity index (χ0n) is 13.5. The largest absolute Gasteiger partial charge is 0.462 e. The minimum absolute atomic E-state index is 0.251. The minimum atomic E-state index is -0.387. The minimum Gasteiger partial charge on any atom is -0.462 e. The van der Waals surface area contributed by atoms with Crippen molar-refractivity contribution in [2.24, 2.45) is 0 Å². The molecule has 0 radical (unpaired) electrons. The Morgan fingerprint density at radius 1 is 1.04 bits per heavy atom. The molecule has 0 aliphatic rings. The molecule has 7 heteroatoms. The van der Waals surface area contributed by atoms with Crippen molar-refractivity contribution in [1.29, 1.82) is 0 Å². The number of hydrogen-bond acceptors (Lipinski definition) is 5. The predicted octanol–water partition coefficient (Wildman–Crippen LogP) is 2.70. The highest BCUT2D eigenvalue weighted by molar-refractivity contribution is 6.04. The number of benzene rings is 2. The Bertz CT molecular complexity index is 874. The van der Waals surface area contributed by atoms with E-state index in [2.05, 4.69) is 15.5 Å². The number of aromatic nitrogens is 3. The van der Waals surface area contributed by atoms with Crippen molar-refractivity contribution in [3.05, 3.63) is 72.3 Å². The van der Waals surface area contributed by atoms with Gasteiger partial charge < -0.3 is 10.1 Å². The van der Waals surface area contributed by atoms with Gasteiger partial charge in [-0.15, -0.1) is 10.2 Å².